The molecule has 3 N–H and O–H groups in total. The highest BCUT2D eigenvalue weighted by molar-refractivity contribution is 5.76. The van der Waals surface area contributed by atoms with Crippen LogP contribution in [0.2, 0.25) is 0 Å². The number of nitrogens with one attached hydrogen (secondary N) is 1. The molecule has 0 saturated heterocycles. The Balaban J connectivity index is 1.71. The molecule has 0 unspecified atom stereocenters. The van der Waals surface area contributed by atoms with Crippen LogP contribution in [0.3, 0.4) is 0 Å². The molecule has 0 aliphatic carbocycles. The predicted octanol–water partition coefficient (Wildman–Crippen LogP) is 1.40. The van der Waals surface area contributed by atoms with Gasteiger partial charge in [-0.15, -0.1) is 0 Å². The zero-order valence-electron chi connectivity index (χ0n) is 12.3. The molecule has 2 aromatic rings. The Hall–Kier alpha value is -2.50. The van der Waals surface area contributed by atoms with Crippen LogP contribution < -0.4 is 15.8 Å². The number of hydrogen-bond donors (Lipinski definition) is 2. The lowest BCUT2D eigenvalue weighted by Gasteiger charge is -2.07. The van der Waals surface area contributed by atoms with Crippen LogP contribution in [0.15, 0.2) is 30.5 Å². The van der Waals surface area contributed by atoms with Gasteiger partial charge in [-0.3, -0.25) is 9.48 Å². The Labute approximate surface area is 123 Å². The molecule has 112 valence electrons. The van der Waals surface area contributed by atoms with Crippen LogP contribution in [-0.2, 0) is 18.4 Å². The molecule has 0 radical (unpaired) electrons. The molecule has 0 fully saturated rings. The number of amides is 1. The number of ether oxygens (including phenoxy) is 1. The van der Waals surface area contributed by atoms with E-state index in [9.17, 15) is 4.79 Å². The SMILES string of the molecule is Cc1cccc(OCCC(=O)NCc2cnn(C)c2N)c1. The number of nitrogen functional groups attached to an aromatic ring is 1. The van der Waals surface area contributed by atoms with Crippen molar-refractivity contribution in [1.82, 2.24) is 15.1 Å². The van der Waals surface area contributed by atoms with Crippen LogP contribution in [0.25, 0.3) is 0 Å². The molecule has 1 aromatic heterocycles. The minimum Gasteiger partial charge on any atom is -0.493 e. The topological polar surface area (TPSA) is 82.2 Å². The molecule has 2 rings (SSSR count). The van der Waals surface area contributed by atoms with Crippen molar-refractivity contribution in [3.63, 3.8) is 0 Å². The van der Waals surface area contributed by atoms with Crippen molar-refractivity contribution in [1.29, 1.82) is 0 Å². The quantitative estimate of drug-likeness (QED) is 0.841. The minimum absolute atomic E-state index is 0.0779. The normalized spacial score (nSPS) is 10.4. The highest BCUT2D eigenvalue weighted by Gasteiger charge is 2.07. The van der Waals surface area contributed by atoms with Crippen molar-refractivity contribution in [2.45, 2.75) is 19.9 Å². The van der Waals surface area contributed by atoms with Gasteiger partial charge in [0.25, 0.3) is 0 Å². The maximum absolute atomic E-state index is 11.7. The summed E-state index contributed by atoms with van der Waals surface area (Å²) in [6.07, 6.45) is 1.95. The molecule has 0 aliphatic heterocycles. The van der Waals surface area contributed by atoms with Crippen molar-refractivity contribution in [2.24, 2.45) is 7.05 Å². The van der Waals surface area contributed by atoms with Crippen LogP contribution in [0.5, 0.6) is 5.75 Å². The van der Waals surface area contributed by atoms with Gasteiger partial charge in [-0.2, -0.15) is 5.10 Å². The first-order valence-electron chi connectivity index (χ1n) is 6.79. The standard InChI is InChI=1S/C15H20N4O2/c1-11-4-3-5-13(8-11)21-7-6-14(20)17-9-12-10-18-19(2)15(12)16/h3-5,8,10H,6-7,9,16H2,1-2H3,(H,17,20). The number of nitrogens with two attached hydrogens (primary N) is 1. The summed E-state index contributed by atoms with van der Waals surface area (Å²) >= 11 is 0. The molecule has 6 heteroatoms. The van der Waals surface area contributed by atoms with Gasteiger partial charge >= 0.3 is 0 Å². The summed E-state index contributed by atoms with van der Waals surface area (Å²) in [5, 5.41) is 6.82. The Morgan fingerprint density at radius 1 is 1.48 bits per heavy atom. The number of carbonyl (C=O) groups excluding carboxylic acids is 1. The second-order valence-corrected chi connectivity index (χ2v) is 4.87. The van der Waals surface area contributed by atoms with Crippen LogP contribution in [0, 0.1) is 6.92 Å². The summed E-state index contributed by atoms with van der Waals surface area (Å²) in [6, 6.07) is 7.74. The van der Waals surface area contributed by atoms with Gasteiger partial charge in [-0.25, -0.2) is 0 Å². The fourth-order valence-corrected chi connectivity index (χ4v) is 1.88. The molecule has 6 nitrogen and oxygen atoms in total. The van der Waals surface area contributed by atoms with Crippen molar-refractivity contribution in [2.75, 3.05) is 12.3 Å². The third kappa shape index (κ3) is 4.24. The number of nitrogens with zero attached hydrogens (tertiary/aromatic N) is 2. The van der Waals surface area contributed by atoms with E-state index >= 15 is 0 Å². The first-order chi connectivity index (χ1) is 10.1. The number of aryl methyl sites for hydroxylation is 2. The van der Waals surface area contributed by atoms with E-state index in [0.29, 0.717) is 25.4 Å². The van der Waals surface area contributed by atoms with Crippen LogP contribution in [0.4, 0.5) is 5.82 Å². The van der Waals surface area contributed by atoms with Gasteiger partial charge in [-0.1, -0.05) is 12.1 Å². The number of anilines is 1. The largest absolute Gasteiger partial charge is 0.493 e. The summed E-state index contributed by atoms with van der Waals surface area (Å²) in [4.78, 5) is 11.7. The number of rotatable bonds is 6. The van der Waals surface area contributed by atoms with E-state index in [1.165, 1.54) is 0 Å². The van der Waals surface area contributed by atoms with Gasteiger partial charge < -0.3 is 15.8 Å². The van der Waals surface area contributed by atoms with Crippen molar-refractivity contribution >= 4 is 11.7 Å². The fraction of sp³-hybridized carbons (Fsp3) is 0.333. The summed E-state index contributed by atoms with van der Waals surface area (Å²) in [5.41, 5.74) is 7.74. The second-order valence-electron chi connectivity index (χ2n) is 4.87. The van der Waals surface area contributed by atoms with E-state index in [1.807, 2.05) is 31.2 Å². The summed E-state index contributed by atoms with van der Waals surface area (Å²) in [5.74, 6) is 1.26. The number of carbonyl (C=O) groups is 1. The first kappa shape index (κ1) is 14.9. The van der Waals surface area contributed by atoms with Crippen LogP contribution in [-0.4, -0.2) is 22.3 Å². The molecular weight excluding hydrogens is 268 g/mol. The Morgan fingerprint density at radius 3 is 2.95 bits per heavy atom. The van der Waals surface area contributed by atoms with Gasteiger partial charge in [0, 0.05) is 19.2 Å². The molecule has 0 aliphatic rings. The third-order valence-corrected chi connectivity index (χ3v) is 3.13. The van der Waals surface area contributed by atoms with Crippen molar-refractivity contribution in [3.8, 4) is 5.75 Å². The molecular formula is C15H20N4O2. The summed E-state index contributed by atoms with van der Waals surface area (Å²) in [6.45, 7) is 2.72. The van der Waals surface area contributed by atoms with Gasteiger partial charge in [0.05, 0.1) is 19.2 Å². The number of aromatic nitrogens is 2. The molecule has 0 saturated carbocycles. The smallest absolute Gasteiger partial charge is 0.223 e. The molecule has 1 aromatic carbocycles. The Kier molecular flexibility index (Phi) is 4.81. The fourth-order valence-electron chi connectivity index (χ4n) is 1.88. The average molecular weight is 288 g/mol. The van der Waals surface area contributed by atoms with E-state index in [0.717, 1.165) is 16.9 Å². The van der Waals surface area contributed by atoms with Gasteiger partial charge in [-0.05, 0) is 24.6 Å². The van der Waals surface area contributed by atoms with Crippen molar-refractivity contribution < 1.29 is 9.53 Å². The lowest BCUT2D eigenvalue weighted by atomic mass is 10.2. The highest BCUT2D eigenvalue weighted by Crippen LogP contribution is 2.12. The average Bonchev–Trinajstić information content (AvgIpc) is 2.77. The Morgan fingerprint density at radius 2 is 2.29 bits per heavy atom. The monoisotopic (exact) mass is 288 g/mol. The highest BCUT2D eigenvalue weighted by atomic mass is 16.5. The zero-order chi connectivity index (χ0) is 15.2. The van der Waals surface area contributed by atoms with Crippen LogP contribution in [0.1, 0.15) is 17.5 Å². The van der Waals surface area contributed by atoms with Gasteiger partial charge in [0.2, 0.25) is 5.91 Å². The van der Waals surface area contributed by atoms with E-state index < -0.39 is 0 Å². The molecule has 0 spiro atoms. The lowest BCUT2D eigenvalue weighted by Crippen LogP contribution is -2.24. The predicted molar refractivity (Wildman–Crippen MR) is 80.8 cm³/mol. The first-order valence-corrected chi connectivity index (χ1v) is 6.79. The van der Waals surface area contributed by atoms with E-state index in [1.54, 1.807) is 17.9 Å². The maximum atomic E-state index is 11.7. The summed E-state index contributed by atoms with van der Waals surface area (Å²) in [7, 11) is 1.76. The van der Waals surface area contributed by atoms with Crippen LogP contribution >= 0.6 is 0 Å². The van der Waals surface area contributed by atoms with Gasteiger partial charge in [0.15, 0.2) is 0 Å². The zero-order valence-corrected chi connectivity index (χ0v) is 12.3. The van der Waals surface area contributed by atoms with E-state index in [-0.39, 0.29) is 5.91 Å². The lowest BCUT2D eigenvalue weighted by molar-refractivity contribution is -0.121. The van der Waals surface area contributed by atoms with E-state index in [2.05, 4.69) is 10.4 Å². The molecule has 1 heterocycles. The van der Waals surface area contributed by atoms with Gasteiger partial charge in [0.1, 0.15) is 11.6 Å². The molecule has 0 bridgehead atoms. The summed E-state index contributed by atoms with van der Waals surface area (Å²) < 4.78 is 7.11. The molecule has 1 amide bonds. The van der Waals surface area contributed by atoms with Crippen molar-refractivity contribution in [3.05, 3.63) is 41.6 Å². The maximum Gasteiger partial charge on any atom is 0.223 e. The minimum atomic E-state index is -0.0779. The number of hydrogen-bond acceptors (Lipinski definition) is 4. The third-order valence-electron chi connectivity index (χ3n) is 3.13. The Bertz CT molecular complexity index is 622. The molecule has 21 heavy (non-hydrogen) atoms. The molecule has 0 atom stereocenters. The van der Waals surface area contributed by atoms with E-state index in [4.69, 9.17) is 10.5 Å². The second kappa shape index (κ2) is 6.78. The number of benzene rings is 1.